The lowest BCUT2D eigenvalue weighted by molar-refractivity contribution is -0.143. The Morgan fingerprint density at radius 3 is 2.56 bits per heavy atom. The van der Waals surface area contributed by atoms with Gasteiger partial charge >= 0.3 is 5.97 Å². The number of methoxy groups -OCH3 is 1. The minimum Gasteiger partial charge on any atom is -0.496 e. The van der Waals surface area contributed by atoms with Gasteiger partial charge in [0.2, 0.25) is 0 Å². The maximum atomic E-state index is 14.0. The van der Waals surface area contributed by atoms with Gasteiger partial charge in [-0.2, -0.15) is 0 Å². The molecule has 0 saturated carbocycles. The lowest BCUT2D eigenvalue weighted by atomic mass is 9.95. The summed E-state index contributed by atoms with van der Waals surface area (Å²) >= 11 is 7.69. The summed E-state index contributed by atoms with van der Waals surface area (Å²) in [5, 5.41) is 0.466. The van der Waals surface area contributed by atoms with E-state index in [1.165, 1.54) is 29.9 Å². The second kappa shape index (κ2) is 11.0. The Kier molecular flexibility index (Phi) is 7.69. The molecule has 2 aliphatic heterocycles. The first-order valence-corrected chi connectivity index (χ1v) is 14.3. The van der Waals surface area contributed by atoms with Gasteiger partial charge < -0.3 is 14.4 Å². The molecule has 3 aromatic rings. The van der Waals surface area contributed by atoms with Crippen molar-refractivity contribution in [2.24, 2.45) is 4.99 Å². The van der Waals surface area contributed by atoms with Crippen molar-refractivity contribution in [2.75, 3.05) is 25.1 Å². The van der Waals surface area contributed by atoms with Crippen molar-refractivity contribution in [3.63, 3.8) is 0 Å². The third kappa shape index (κ3) is 5.28. The lowest BCUT2D eigenvalue weighted by Crippen LogP contribution is -2.40. The number of fused-ring (bicyclic) bond motifs is 1. The van der Waals surface area contributed by atoms with Crippen LogP contribution in [0.15, 0.2) is 57.5 Å². The quantitative estimate of drug-likeness (QED) is 0.403. The van der Waals surface area contributed by atoms with Crippen LogP contribution in [-0.4, -0.2) is 36.8 Å². The zero-order valence-corrected chi connectivity index (χ0v) is 24.4. The number of benzene rings is 2. The number of hydrogen-bond acceptors (Lipinski definition) is 7. The van der Waals surface area contributed by atoms with E-state index < -0.39 is 12.0 Å². The molecule has 0 radical (unpaired) electrons. The molecule has 3 heterocycles. The molecule has 1 atom stereocenters. The highest BCUT2D eigenvalue weighted by molar-refractivity contribution is 7.07. The largest absolute Gasteiger partial charge is 0.496 e. The summed E-state index contributed by atoms with van der Waals surface area (Å²) in [7, 11) is 1.55. The molecule has 0 N–H and O–H groups in total. The van der Waals surface area contributed by atoms with Gasteiger partial charge in [-0.15, -0.1) is 0 Å². The van der Waals surface area contributed by atoms with Crippen LogP contribution in [0.5, 0.6) is 5.75 Å². The van der Waals surface area contributed by atoms with E-state index in [1.54, 1.807) is 50.6 Å². The van der Waals surface area contributed by atoms with Crippen molar-refractivity contribution in [1.29, 1.82) is 0 Å². The van der Waals surface area contributed by atoms with Crippen molar-refractivity contribution in [3.05, 3.63) is 89.1 Å². The van der Waals surface area contributed by atoms with Gasteiger partial charge in [0.25, 0.3) is 5.56 Å². The van der Waals surface area contributed by atoms with Gasteiger partial charge in [-0.25, -0.2) is 9.79 Å². The minimum absolute atomic E-state index is 0.240. The molecule has 1 fully saturated rings. The molecule has 5 rings (SSSR count). The number of aryl methyl sites for hydroxylation is 1. The standard InChI is InChI=1S/C30H32ClN3O4S/c1-17(2)38-29(36)26-19(4)32-30-34(27(26)23-16-21(31)9-11-24(23)37-5)28(35)25(39-30)15-20-8-10-22(14-18(20)3)33-12-6-7-13-33/h8-11,14-17,27H,6-7,12-13H2,1-5H3/b25-15-/t27-/m0/s1. The van der Waals surface area contributed by atoms with Crippen LogP contribution in [0.1, 0.15) is 56.3 Å². The molecule has 9 heteroatoms. The summed E-state index contributed by atoms with van der Waals surface area (Å²) in [5.41, 5.74) is 4.40. The molecule has 39 heavy (non-hydrogen) atoms. The average molecular weight is 566 g/mol. The number of halogens is 1. The maximum Gasteiger partial charge on any atom is 0.338 e. The van der Waals surface area contributed by atoms with Crippen molar-refractivity contribution < 1.29 is 14.3 Å². The summed E-state index contributed by atoms with van der Waals surface area (Å²) in [5.74, 6) is -0.0159. The van der Waals surface area contributed by atoms with Crippen molar-refractivity contribution >= 4 is 40.7 Å². The Hall–Kier alpha value is -3.36. The molecule has 0 unspecified atom stereocenters. The number of ether oxygens (including phenoxy) is 2. The van der Waals surface area contributed by atoms with E-state index >= 15 is 0 Å². The summed E-state index contributed by atoms with van der Waals surface area (Å²) in [6.07, 6.45) is 4.00. The van der Waals surface area contributed by atoms with Crippen LogP contribution < -0.4 is 24.5 Å². The average Bonchev–Trinajstić information content (AvgIpc) is 3.52. The Balaban J connectivity index is 1.68. The fourth-order valence-electron chi connectivity index (χ4n) is 5.21. The summed E-state index contributed by atoms with van der Waals surface area (Å²) in [4.78, 5) is 34.9. The Labute approximate surface area is 236 Å². The van der Waals surface area contributed by atoms with E-state index in [0.29, 0.717) is 31.4 Å². The Morgan fingerprint density at radius 2 is 1.90 bits per heavy atom. The van der Waals surface area contributed by atoms with E-state index in [4.69, 9.17) is 21.1 Å². The fraction of sp³-hybridized carbons (Fsp3) is 0.367. The monoisotopic (exact) mass is 565 g/mol. The lowest BCUT2D eigenvalue weighted by Gasteiger charge is -2.26. The number of allylic oxidation sites excluding steroid dienone is 1. The molecular weight excluding hydrogens is 534 g/mol. The van der Waals surface area contributed by atoms with Crippen LogP contribution in [0.2, 0.25) is 5.02 Å². The third-order valence-corrected chi connectivity index (χ3v) is 8.30. The maximum absolute atomic E-state index is 14.0. The van der Waals surface area contributed by atoms with Crippen LogP contribution >= 0.6 is 22.9 Å². The van der Waals surface area contributed by atoms with Crippen molar-refractivity contribution in [2.45, 2.75) is 52.7 Å². The predicted octanol–water partition coefficient (Wildman–Crippen LogP) is 4.76. The number of aromatic nitrogens is 1. The van der Waals surface area contributed by atoms with Gasteiger partial charge in [-0.3, -0.25) is 9.36 Å². The molecule has 7 nitrogen and oxygen atoms in total. The van der Waals surface area contributed by atoms with Gasteiger partial charge in [0.1, 0.15) is 11.8 Å². The number of nitrogens with zero attached hydrogens (tertiary/aromatic N) is 3. The molecule has 1 aromatic heterocycles. The molecule has 204 valence electrons. The first-order chi connectivity index (χ1) is 18.7. The smallest absolute Gasteiger partial charge is 0.338 e. The van der Waals surface area contributed by atoms with Crippen molar-refractivity contribution in [1.82, 2.24) is 4.57 Å². The zero-order chi connectivity index (χ0) is 27.8. The van der Waals surface area contributed by atoms with Crippen LogP contribution in [0, 0.1) is 6.92 Å². The van der Waals surface area contributed by atoms with Gasteiger partial charge in [-0.05, 0) is 88.1 Å². The number of carbonyl (C=O) groups excluding carboxylic acids is 1. The van der Waals surface area contributed by atoms with Gasteiger partial charge in [0.15, 0.2) is 4.80 Å². The molecule has 2 aliphatic rings. The number of esters is 1. The number of rotatable bonds is 6. The molecule has 2 aromatic carbocycles. The first kappa shape index (κ1) is 27.2. The van der Waals surface area contributed by atoms with Gasteiger partial charge in [0.05, 0.1) is 29.0 Å². The number of hydrogen-bond donors (Lipinski definition) is 0. The number of carbonyl (C=O) groups is 1. The van der Waals surface area contributed by atoms with Crippen LogP contribution in [0.25, 0.3) is 6.08 Å². The highest BCUT2D eigenvalue weighted by atomic mass is 35.5. The predicted molar refractivity (Wildman–Crippen MR) is 156 cm³/mol. The van der Waals surface area contributed by atoms with E-state index in [9.17, 15) is 9.59 Å². The normalized spacial score (nSPS) is 17.5. The molecular formula is C30H32ClN3O4S. The van der Waals surface area contributed by atoms with E-state index in [0.717, 1.165) is 24.2 Å². The Bertz CT molecular complexity index is 1650. The number of thiazole rings is 1. The molecule has 0 bridgehead atoms. The SMILES string of the molecule is COc1ccc(Cl)cc1[C@H]1C(C(=O)OC(C)C)=C(C)N=c2s/c(=C\c3ccc(N4CCCC4)cc3C)c(=O)n21. The number of anilines is 1. The zero-order valence-electron chi connectivity index (χ0n) is 22.8. The first-order valence-electron chi connectivity index (χ1n) is 13.1. The fourth-order valence-corrected chi connectivity index (χ4v) is 6.43. The second-order valence-corrected chi connectivity index (χ2v) is 11.6. The van der Waals surface area contributed by atoms with Gasteiger partial charge in [-0.1, -0.05) is 29.0 Å². The highest BCUT2D eigenvalue weighted by Gasteiger charge is 2.35. The van der Waals surface area contributed by atoms with E-state index in [2.05, 4.69) is 35.0 Å². The van der Waals surface area contributed by atoms with Crippen LogP contribution in [0.4, 0.5) is 5.69 Å². The van der Waals surface area contributed by atoms with E-state index in [-0.39, 0.29) is 17.2 Å². The summed E-state index contributed by atoms with van der Waals surface area (Å²) in [6.45, 7) is 9.55. The van der Waals surface area contributed by atoms with Crippen LogP contribution in [-0.2, 0) is 9.53 Å². The van der Waals surface area contributed by atoms with Crippen molar-refractivity contribution in [3.8, 4) is 5.75 Å². The minimum atomic E-state index is -0.804. The molecule has 0 aliphatic carbocycles. The molecule has 0 amide bonds. The highest BCUT2D eigenvalue weighted by Crippen LogP contribution is 2.37. The van der Waals surface area contributed by atoms with E-state index in [1.807, 2.05) is 6.08 Å². The molecule has 1 saturated heterocycles. The summed E-state index contributed by atoms with van der Waals surface area (Å²) < 4.78 is 13.3. The van der Waals surface area contributed by atoms with Gasteiger partial charge in [0, 0.05) is 29.4 Å². The third-order valence-electron chi connectivity index (χ3n) is 7.08. The second-order valence-electron chi connectivity index (χ2n) is 10.2. The Morgan fingerprint density at radius 1 is 1.15 bits per heavy atom. The van der Waals surface area contributed by atoms with Crippen LogP contribution in [0.3, 0.4) is 0 Å². The topological polar surface area (TPSA) is 73.1 Å². The molecule has 0 spiro atoms. The summed E-state index contributed by atoms with van der Waals surface area (Å²) in [6, 6.07) is 10.7.